The Bertz CT molecular complexity index is 292. The second kappa shape index (κ2) is 4.03. The highest BCUT2D eigenvalue weighted by molar-refractivity contribution is 5.25. The molecule has 2 unspecified atom stereocenters. The molecule has 1 heterocycles. The van der Waals surface area contributed by atoms with Crippen LogP contribution < -0.4 is 5.32 Å². The highest BCUT2D eigenvalue weighted by Gasteiger charge is 2.32. The van der Waals surface area contributed by atoms with E-state index < -0.39 is 0 Å². The molecule has 1 aliphatic rings. The molecule has 1 fully saturated rings. The third-order valence-corrected chi connectivity index (χ3v) is 2.96. The van der Waals surface area contributed by atoms with E-state index in [0.29, 0.717) is 0 Å². The van der Waals surface area contributed by atoms with Crippen LogP contribution in [0.3, 0.4) is 0 Å². The summed E-state index contributed by atoms with van der Waals surface area (Å²) in [5.74, 6) is 2.83. The molecule has 3 heteroatoms. The Hall–Kier alpha value is -0.990. The van der Waals surface area contributed by atoms with Crippen LogP contribution in [0.25, 0.3) is 0 Å². The average Bonchev–Trinajstić information content (AvgIpc) is 2.70. The lowest BCUT2D eigenvalue weighted by molar-refractivity contribution is 0.596. The standard InChI is InChI=1S/C11H19N3/c1-3-4-12-11-13-5-6-14(11)8-10-7-9(10)2/h5-6,9-10H,3-4,7-8H2,1-2H3,(H,12,13). The number of rotatable bonds is 5. The normalized spacial score (nSPS) is 25.0. The van der Waals surface area contributed by atoms with Gasteiger partial charge in [-0.1, -0.05) is 13.8 Å². The lowest BCUT2D eigenvalue weighted by Gasteiger charge is -2.08. The fourth-order valence-electron chi connectivity index (χ4n) is 1.77. The average molecular weight is 193 g/mol. The molecular weight excluding hydrogens is 174 g/mol. The minimum absolute atomic E-state index is 0.881. The molecular formula is C11H19N3. The summed E-state index contributed by atoms with van der Waals surface area (Å²) >= 11 is 0. The highest BCUT2D eigenvalue weighted by Crippen LogP contribution is 2.39. The molecule has 0 amide bonds. The van der Waals surface area contributed by atoms with Crippen LogP contribution in [0.4, 0.5) is 5.95 Å². The van der Waals surface area contributed by atoms with Crippen molar-refractivity contribution in [3.05, 3.63) is 12.4 Å². The van der Waals surface area contributed by atoms with Crippen molar-refractivity contribution in [3.8, 4) is 0 Å². The van der Waals surface area contributed by atoms with Gasteiger partial charge in [0.2, 0.25) is 5.95 Å². The number of imidazole rings is 1. The maximum absolute atomic E-state index is 4.31. The first kappa shape index (κ1) is 9.56. The number of hydrogen-bond acceptors (Lipinski definition) is 2. The Balaban J connectivity index is 1.91. The molecule has 0 radical (unpaired) electrons. The molecule has 1 aromatic heterocycles. The van der Waals surface area contributed by atoms with Gasteiger partial charge >= 0.3 is 0 Å². The van der Waals surface area contributed by atoms with Gasteiger partial charge in [0.05, 0.1) is 0 Å². The number of hydrogen-bond donors (Lipinski definition) is 1. The van der Waals surface area contributed by atoms with Crippen LogP contribution >= 0.6 is 0 Å². The first-order chi connectivity index (χ1) is 6.81. The maximum atomic E-state index is 4.31. The fraction of sp³-hybridized carbons (Fsp3) is 0.727. The number of aromatic nitrogens is 2. The lowest BCUT2D eigenvalue weighted by atomic mass is 10.3. The Kier molecular flexibility index (Phi) is 2.75. The summed E-state index contributed by atoms with van der Waals surface area (Å²) in [6, 6.07) is 0. The molecule has 14 heavy (non-hydrogen) atoms. The Morgan fingerprint density at radius 3 is 3.07 bits per heavy atom. The van der Waals surface area contributed by atoms with Crippen LogP contribution in [-0.2, 0) is 6.54 Å². The molecule has 0 aliphatic heterocycles. The van der Waals surface area contributed by atoms with Crippen molar-refractivity contribution in [2.75, 3.05) is 11.9 Å². The first-order valence-corrected chi connectivity index (χ1v) is 5.56. The SMILES string of the molecule is CCCNc1nccn1CC1CC1C. The van der Waals surface area contributed by atoms with Gasteiger partial charge in [0, 0.05) is 25.5 Å². The van der Waals surface area contributed by atoms with Crippen molar-refractivity contribution in [2.45, 2.75) is 33.2 Å². The zero-order chi connectivity index (χ0) is 9.97. The topological polar surface area (TPSA) is 29.9 Å². The third kappa shape index (κ3) is 2.08. The van der Waals surface area contributed by atoms with Gasteiger partial charge in [0.25, 0.3) is 0 Å². The molecule has 1 aliphatic carbocycles. The van der Waals surface area contributed by atoms with E-state index in [2.05, 4.69) is 34.9 Å². The van der Waals surface area contributed by atoms with Crippen molar-refractivity contribution in [2.24, 2.45) is 11.8 Å². The summed E-state index contributed by atoms with van der Waals surface area (Å²) in [5.41, 5.74) is 0. The molecule has 0 bridgehead atoms. The van der Waals surface area contributed by atoms with Gasteiger partial charge in [-0.15, -0.1) is 0 Å². The van der Waals surface area contributed by atoms with E-state index in [-0.39, 0.29) is 0 Å². The quantitative estimate of drug-likeness (QED) is 0.778. The van der Waals surface area contributed by atoms with E-state index in [1.807, 2.05) is 6.20 Å². The molecule has 3 nitrogen and oxygen atoms in total. The monoisotopic (exact) mass is 193 g/mol. The van der Waals surface area contributed by atoms with Crippen LogP contribution in [0, 0.1) is 11.8 Å². The zero-order valence-electron chi connectivity index (χ0n) is 9.03. The van der Waals surface area contributed by atoms with Gasteiger partial charge in [0.1, 0.15) is 0 Å². The molecule has 2 rings (SSSR count). The first-order valence-electron chi connectivity index (χ1n) is 5.56. The van der Waals surface area contributed by atoms with Gasteiger partial charge in [-0.25, -0.2) is 4.98 Å². The van der Waals surface area contributed by atoms with Gasteiger partial charge in [-0.05, 0) is 24.7 Å². The van der Waals surface area contributed by atoms with E-state index in [0.717, 1.165) is 37.3 Å². The second-order valence-corrected chi connectivity index (χ2v) is 4.30. The minimum Gasteiger partial charge on any atom is -0.356 e. The molecule has 78 valence electrons. The second-order valence-electron chi connectivity index (χ2n) is 4.30. The van der Waals surface area contributed by atoms with Crippen molar-refractivity contribution in [1.29, 1.82) is 0 Å². The summed E-state index contributed by atoms with van der Waals surface area (Å²) in [7, 11) is 0. The predicted molar refractivity (Wildman–Crippen MR) is 58.3 cm³/mol. The van der Waals surface area contributed by atoms with E-state index in [1.165, 1.54) is 6.42 Å². The van der Waals surface area contributed by atoms with Gasteiger partial charge in [0.15, 0.2) is 0 Å². The third-order valence-electron chi connectivity index (χ3n) is 2.96. The van der Waals surface area contributed by atoms with E-state index >= 15 is 0 Å². The molecule has 1 N–H and O–H groups in total. The molecule has 1 saturated carbocycles. The fourth-order valence-corrected chi connectivity index (χ4v) is 1.77. The van der Waals surface area contributed by atoms with E-state index in [9.17, 15) is 0 Å². The zero-order valence-corrected chi connectivity index (χ0v) is 9.03. The predicted octanol–water partition coefficient (Wildman–Crippen LogP) is 2.36. The van der Waals surface area contributed by atoms with Crippen molar-refractivity contribution < 1.29 is 0 Å². The van der Waals surface area contributed by atoms with Gasteiger partial charge in [-0.2, -0.15) is 0 Å². The Morgan fingerprint density at radius 2 is 2.43 bits per heavy atom. The van der Waals surface area contributed by atoms with Crippen LogP contribution in [0.5, 0.6) is 0 Å². The summed E-state index contributed by atoms with van der Waals surface area (Å²) in [5, 5.41) is 3.34. The summed E-state index contributed by atoms with van der Waals surface area (Å²) in [6.45, 7) is 6.63. The summed E-state index contributed by atoms with van der Waals surface area (Å²) in [6.07, 6.45) is 6.48. The van der Waals surface area contributed by atoms with Gasteiger partial charge in [-0.3, -0.25) is 0 Å². The summed E-state index contributed by atoms with van der Waals surface area (Å²) < 4.78 is 2.24. The Labute approximate surface area is 85.5 Å². The maximum Gasteiger partial charge on any atom is 0.202 e. The molecule has 0 saturated heterocycles. The molecule has 2 atom stereocenters. The minimum atomic E-state index is 0.881. The van der Waals surface area contributed by atoms with Gasteiger partial charge < -0.3 is 9.88 Å². The van der Waals surface area contributed by atoms with E-state index in [4.69, 9.17) is 0 Å². The molecule has 1 aromatic rings. The van der Waals surface area contributed by atoms with Crippen LogP contribution in [0.1, 0.15) is 26.7 Å². The molecule has 0 spiro atoms. The highest BCUT2D eigenvalue weighted by atomic mass is 15.2. The Morgan fingerprint density at radius 1 is 1.64 bits per heavy atom. The van der Waals surface area contributed by atoms with Crippen molar-refractivity contribution in [1.82, 2.24) is 9.55 Å². The number of anilines is 1. The summed E-state index contributed by atoms with van der Waals surface area (Å²) in [4.78, 5) is 4.31. The largest absolute Gasteiger partial charge is 0.356 e. The van der Waals surface area contributed by atoms with Crippen molar-refractivity contribution in [3.63, 3.8) is 0 Å². The molecule has 0 aromatic carbocycles. The number of nitrogens with one attached hydrogen (secondary N) is 1. The van der Waals surface area contributed by atoms with Crippen LogP contribution in [0.2, 0.25) is 0 Å². The van der Waals surface area contributed by atoms with E-state index in [1.54, 1.807) is 0 Å². The lowest BCUT2D eigenvalue weighted by Crippen LogP contribution is -2.09. The van der Waals surface area contributed by atoms with Crippen LogP contribution in [0.15, 0.2) is 12.4 Å². The van der Waals surface area contributed by atoms with Crippen molar-refractivity contribution >= 4 is 5.95 Å². The number of nitrogens with zero attached hydrogens (tertiary/aromatic N) is 2. The smallest absolute Gasteiger partial charge is 0.202 e. The van der Waals surface area contributed by atoms with Crippen LogP contribution in [-0.4, -0.2) is 16.1 Å².